The van der Waals surface area contributed by atoms with Gasteiger partial charge < -0.3 is 31.5 Å². The number of carbonyl (C=O) groups excluding carboxylic acids is 3. The van der Waals surface area contributed by atoms with E-state index in [0.717, 1.165) is 6.07 Å². The second-order valence-electron chi connectivity index (χ2n) is 6.19. The fourth-order valence-electron chi connectivity index (χ4n) is 2.77. The molecule has 142 valence electrons. The summed E-state index contributed by atoms with van der Waals surface area (Å²) >= 11 is 0. The van der Waals surface area contributed by atoms with E-state index in [0.29, 0.717) is 31.7 Å². The molecule has 6 N–H and O–H groups in total. The molecule has 26 heavy (non-hydrogen) atoms. The SMILES string of the molecule is NC(=O)CC[C@H](NC(=O)Cc1ccc(O)cc1O)C(=O)N1CCNCC1. The van der Waals surface area contributed by atoms with Gasteiger partial charge in [-0.2, -0.15) is 0 Å². The molecule has 9 nitrogen and oxygen atoms in total. The van der Waals surface area contributed by atoms with Gasteiger partial charge >= 0.3 is 0 Å². The van der Waals surface area contributed by atoms with Crippen LogP contribution in [0.4, 0.5) is 0 Å². The molecular weight excluding hydrogens is 340 g/mol. The highest BCUT2D eigenvalue weighted by Crippen LogP contribution is 2.22. The monoisotopic (exact) mass is 364 g/mol. The van der Waals surface area contributed by atoms with Crippen LogP contribution in [-0.2, 0) is 20.8 Å². The number of nitrogens with two attached hydrogens (primary N) is 1. The number of phenolic OH excluding ortho intramolecular Hbond substituents is 2. The molecule has 2 rings (SSSR count). The molecule has 1 saturated heterocycles. The molecule has 0 unspecified atom stereocenters. The summed E-state index contributed by atoms with van der Waals surface area (Å²) in [6, 6.07) is 3.07. The Kier molecular flexibility index (Phi) is 6.79. The third-order valence-electron chi connectivity index (χ3n) is 4.16. The van der Waals surface area contributed by atoms with Crippen LogP contribution in [0.3, 0.4) is 0 Å². The van der Waals surface area contributed by atoms with E-state index in [1.165, 1.54) is 12.1 Å². The normalized spacial score (nSPS) is 15.3. The fourth-order valence-corrected chi connectivity index (χ4v) is 2.77. The van der Waals surface area contributed by atoms with E-state index in [1.807, 2.05) is 0 Å². The average molecular weight is 364 g/mol. The van der Waals surface area contributed by atoms with Crippen molar-refractivity contribution in [3.8, 4) is 11.5 Å². The van der Waals surface area contributed by atoms with E-state index in [1.54, 1.807) is 4.90 Å². The number of nitrogens with zero attached hydrogens (tertiary/aromatic N) is 1. The Labute approximate surface area is 151 Å². The van der Waals surface area contributed by atoms with E-state index >= 15 is 0 Å². The van der Waals surface area contributed by atoms with Crippen LogP contribution in [0, 0.1) is 0 Å². The number of rotatable bonds is 7. The van der Waals surface area contributed by atoms with E-state index in [9.17, 15) is 24.6 Å². The molecule has 1 aromatic rings. The van der Waals surface area contributed by atoms with E-state index < -0.39 is 17.9 Å². The van der Waals surface area contributed by atoms with Gasteiger partial charge in [-0.15, -0.1) is 0 Å². The van der Waals surface area contributed by atoms with Crippen molar-refractivity contribution in [1.29, 1.82) is 0 Å². The first-order chi connectivity index (χ1) is 12.4. The van der Waals surface area contributed by atoms with Gasteiger partial charge in [0.05, 0.1) is 6.42 Å². The van der Waals surface area contributed by atoms with Crippen molar-refractivity contribution in [3.63, 3.8) is 0 Å². The van der Waals surface area contributed by atoms with Crippen molar-refractivity contribution in [3.05, 3.63) is 23.8 Å². The second-order valence-corrected chi connectivity index (χ2v) is 6.19. The number of amides is 3. The summed E-state index contributed by atoms with van der Waals surface area (Å²) in [7, 11) is 0. The molecule has 0 spiro atoms. The molecule has 3 amide bonds. The predicted molar refractivity (Wildman–Crippen MR) is 93.3 cm³/mol. The first-order valence-corrected chi connectivity index (χ1v) is 8.45. The average Bonchev–Trinajstić information content (AvgIpc) is 2.61. The van der Waals surface area contributed by atoms with Crippen LogP contribution in [0.1, 0.15) is 18.4 Å². The Morgan fingerprint density at radius 1 is 1.23 bits per heavy atom. The highest BCUT2D eigenvalue weighted by atomic mass is 16.3. The van der Waals surface area contributed by atoms with Gasteiger partial charge in [-0.1, -0.05) is 6.07 Å². The van der Waals surface area contributed by atoms with Crippen LogP contribution >= 0.6 is 0 Å². The Balaban J connectivity index is 2.02. The van der Waals surface area contributed by atoms with E-state index in [-0.39, 0.29) is 36.7 Å². The lowest BCUT2D eigenvalue weighted by Crippen LogP contribution is -2.54. The first kappa shape index (κ1) is 19.5. The van der Waals surface area contributed by atoms with Gasteiger partial charge in [0, 0.05) is 44.2 Å². The lowest BCUT2D eigenvalue weighted by Gasteiger charge is -2.31. The van der Waals surface area contributed by atoms with Crippen LogP contribution in [-0.4, -0.2) is 65.1 Å². The van der Waals surface area contributed by atoms with Crippen molar-refractivity contribution >= 4 is 17.7 Å². The minimum absolute atomic E-state index is 0.0206. The Hall–Kier alpha value is -2.81. The summed E-state index contributed by atoms with van der Waals surface area (Å²) in [5.74, 6) is -1.59. The number of hydrogen-bond donors (Lipinski definition) is 5. The molecular formula is C17H24N4O5. The third-order valence-corrected chi connectivity index (χ3v) is 4.16. The molecule has 1 fully saturated rings. The lowest BCUT2D eigenvalue weighted by atomic mass is 10.1. The number of benzene rings is 1. The highest BCUT2D eigenvalue weighted by molar-refractivity contribution is 5.89. The first-order valence-electron chi connectivity index (χ1n) is 8.45. The third kappa shape index (κ3) is 5.62. The number of piperazine rings is 1. The summed E-state index contributed by atoms with van der Waals surface area (Å²) in [5.41, 5.74) is 5.49. The van der Waals surface area contributed by atoms with Gasteiger partial charge in [-0.05, 0) is 12.5 Å². The van der Waals surface area contributed by atoms with Crippen LogP contribution in [0.15, 0.2) is 18.2 Å². The summed E-state index contributed by atoms with van der Waals surface area (Å²) < 4.78 is 0. The maximum atomic E-state index is 12.7. The molecule has 1 aliphatic heterocycles. The number of carbonyl (C=O) groups is 3. The maximum absolute atomic E-state index is 12.7. The molecule has 1 heterocycles. The van der Waals surface area contributed by atoms with Gasteiger partial charge in [0.25, 0.3) is 0 Å². The van der Waals surface area contributed by atoms with Crippen molar-refractivity contribution in [2.45, 2.75) is 25.3 Å². The molecule has 0 bridgehead atoms. The van der Waals surface area contributed by atoms with E-state index in [4.69, 9.17) is 5.73 Å². The van der Waals surface area contributed by atoms with Gasteiger partial charge in [0.1, 0.15) is 17.5 Å². The van der Waals surface area contributed by atoms with Crippen molar-refractivity contribution in [2.24, 2.45) is 5.73 Å². The van der Waals surface area contributed by atoms with Crippen molar-refractivity contribution < 1.29 is 24.6 Å². The molecule has 1 atom stereocenters. The van der Waals surface area contributed by atoms with Gasteiger partial charge in [-0.3, -0.25) is 14.4 Å². The molecule has 0 radical (unpaired) electrons. The van der Waals surface area contributed by atoms with Gasteiger partial charge in [0.2, 0.25) is 17.7 Å². The zero-order valence-corrected chi connectivity index (χ0v) is 14.4. The predicted octanol–water partition coefficient (Wildman–Crippen LogP) is -1.18. The number of phenols is 2. The molecule has 9 heteroatoms. The fraction of sp³-hybridized carbons (Fsp3) is 0.471. The minimum Gasteiger partial charge on any atom is -0.508 e. The molecule has 0 saturated carbocycles. The quantitative estimate of drug-likeness (QED) is 0.412. The van der Waals surface area contributed by atoms with Crippen molar-refractivity contribution in [1.82, 2.24) is 15.5 Å². The molecule has 1 aliphatic rings. The minimum atomic E-state index is -0.854. The number of aromatic hydroxyl groups is 2. The van der Waals surface area contributed by atoms with Crippen LogP contribution < -0.4 is 16.4 Å². The topological polar surface area (TPSA) is 145 Å². The lowest BCUT2D eigenvalue weighted by molar-refractivity contribution is -0.137. The number of primary amides is 1. The van der Waals surface area contributed by atoms with E-state index in [2.05, 4.69) is 10.6 Å². The molecule has 0 aromatic heterocycles. The van der Waals surface area contributed by atoms with Gasteiger partial charge in [0.15, 0.2) is 0 Å². The number of nitrogens with one attached hydrogen (secondary N) is 2. The Morgan fingerprint density at radius 2 is 1.92 bits per heavy atom. The Bertz CT molecular complexity index is 673. The zero-order valence-electron chi connectivity index (χ0n) is 14.4. The number of hydrogen-bond acceptors (Lipinski definition) is 6. The smallest absolute Gasteiger partial charge is 0.245 e. The molecule has 1 aromatic carbocycles. The largest absolute Gasteiger partial charge is 0.508 e. The van der Waals surface area contributed by atoms with Crippen molar-refractivity contribution in [2.75, 3.05) is 26.2 Å². The summed E-state index contributed by atoms with van der Waals surface area (Å²) in [6.45, 7) is 2.40. The summed E-state index contributed by atoms with van der Waals surface area (Å²) in [4.78, 5) is 37.7. The second kappa shape index (κ2) is 9.04. The molecule has 0 aliphatic carbocycles. The van der Waals surface area contributed by atoms with Crippen LogP contribution in [0.2, 0.25) is 0 Å². The zero-order chi connectivity index (χ0) is 19.1. The maximum Gasteiger partial charge on any atom is 0.245 e. The highest BCUT2D eigenvalue weighted by Gasteiger charge is 2.27. The van der Waals surface area contributed by atoms with Gasteiger partial charge in [-0.25, -0.2) is 0 Å². The Morgan fingerprint density at radius 3 is 2.54 bits per heavy atom. The standard InChI is InChI=1S/C17H24N4O5/c18-15(24)4-3-13(17(26)21-7-5-19-6-8-21)20-16(25)9-11-1-2-12(22)10-14(11)23/h1-2,10,13,19,22-23H,3-9H2,(H2,18,24)(H,20,25)/t13-/m0/s1. The van der Waals surface area contributed by atoms with Crippen LogP contribution in [0.25, 0.3) is 0 Å². The summed E-state index contributed by atoms with van der Waals surface area (Å²) in [6.07, 6.45) is -0.0628. The van der Waals surface area contributed by atoms with Crippen LogP contribution in [0.5, 0.6) is 11.5 Å². The summed E-state index contributed by atoms with van der Waals surface area (Å²) in [5, 5.41) is 24.8.